The largest absolute Gasteiger partial charge is 0.474 e. The van der Waals surface area contributed by atoms with E-state index in [2.05, 4.69) is 0 Å². The number of benzene rings is 1. The summed E-state index contributed by atoms with van der Waals surface area (Å²) in [5.74, 6) is 0.692. The molecule has 206 valence electrons. The number of imidazole rings is 1. The summed E-state index contributed by atoms with van der Waals surface area (Å²) in [6.07, 6.45) is 6.03. The predicted molar refractivity (Wildman–Crippen MR) is 147 cm³/mol. The lowest BCUT2D eigenvalue weighted by molar-refractivity contribution is 0.148. The first kappa shape index (κ1) is 26.8. The van der Waals surface area contributed by atoms with Crippen LogP contribution in [0.2, 0.25) is 0 Å². The minimum atomic E-state index is -0.475. The van der Waals surface area contributed by atoms with Crippen molar-refractivity contribution in [2.24, 2.45) is 0 Å². The third kappa shape index (κ3) is 5.38. The van der Waals surface area contributed by atoms with Gasteiger partial charge in [-0.05, 0) is 69.7 Å². The van der Waals surface area contributed by atoms with Crippen molar-refractivity contribution in [2.75, 3.05) is 6.61 Å². The maximum atomic E-state index is 13.7. The maximum absolute atomic E-state index is 13.7. The highest BCUT2D eigenvalue weighted by Gasteiger charge is 2.24. The number of aliphatic hydroxyl groups is 1. The van der Waals surface area contributed by atoms with Gasteiger partial charge in [-0.15, -0.1) is 0 Å². The van der Waals surface area contributed by atoms with Crippen molar-refractivity contribution in [2.45, 2.75) is 78.1 Å². The van der Waals surface area contributed by atoms with Crippen LogP contribution in [0.4, 0.5) is 4.39 Å². The van der Waals surface area contributed by atoms with Gasteiger partial charge in [0.05, 0.1) is 5.69 Å². The standard InChI is InChI=1S/C29H34FN5O4/c1-3-33-27-25(28(37)34(29(33)38)16-7-17-36)35(18-20-10-12-21(30)13-11-20)26(32-27)23-14-15-24(31-19(23)2)39-22-8-5-4-6-9-22/h10-15,22,36H,3-9,16-18H2,1-2H3. The zero-order valence-electron chi connectivity index (χ0n) is 22.4. The fraction of sp³-hybridized carbons (Fsp3) is 0.448. The molecule has 1 N–H and O–H groups in total. The quantitative estimate of drug-likeness (QED) is 0.347. The molecule has 1 aromatic carbocycles. The molecule has 0 bridgehead atoms. The molecule has 0 aliphatic heterocycles. The van der Waals surface area contributed by atoms with E-state index in [0.717, 1.165) is 35.8 Å². The highest BCUT2D eigenvalue weighted by atomic mass is 19.1. The van der Waals surface area contributed by atoms with E-state index >= 15 is 0 Å². The number of ether oxygens (including phenoxy) is 1. The predicted octanol–water partition coefficient (Wildman–Crippen LogP) is 4.03. The molecule has 4 aromatic rings. The number of pyridine rings is 1. The van der Waals surface area contributed by atoms with E-state index in [1.54, 1.807) is 16.7 Å². The lowest BCUT2D eigenvalue weighted by Gasteiger charge is -2.22. The molecule has 10 heteroatoms. The lowest BCUT2D eigenvalue weighted by atomic mass is 9.98. The monoisotopic (exact) mass is 535 g/mol. The van der Waals surface area contributed by atoms with Crippen LogP contribution in [-0.4, -0.2) is 41.5 Å². The van der Waals surface area contributed by atoms with E-state index in [0.29, 0.717) is 29.5 Å². The van der Waals surface area contributed by atoms with Crippen LogP contribution in [0.25, 0.3) is 22.6 Å². The summed E-state index contributed by atoms with van der Waals surface area (Å²) in [6.45, 7) is 4.20. The SMILES string of the molecule is CCn1c(=O)n(CCCO)c(=O)c2c1nc(-c1ccc(OC3CCCCC3)nc1C)n2Cc1ccc(F)cc1. The highest BCUT2D eigenvalue weighted by Crippen LogP contribution is 2.29. The summed E-state index contributed by atoms with van der Waals surface area (Å²) >= 11 is 0. The normalized spacial score (nSPS) is 14.3. The van der Waals surface area contributed by atoms with Crippen LogP contribution in [0.15, 0.2) is 46.0 Å². The molecule has 0 amide bonds. The third-order valence-electron chi connectivity index (χ3n) is 7.37. The van der Waals surface area contributed by atoms with Crippen molar-refractivity contribution in [1.82, 2.24) is 23.7 Å². The Hall–Kier alpha value is -3.79. The third-order valence-corrected chi connectivity index (χ3v) is 7.37. The van der Waals surface area contributed by atoms with Gasteiger partial charge in [-0.2, -0.15) is 0 Å². The van der Waals surface area contributed by atoms with E-state index in [4.69, 9.17) is 14.7 Å². The first-order chi connectivity index (χ1) is 18.9. The molecule has 0 unspecified atom stereocenters. The van der Waals surface area contributed by atoms with Gasteiger partial charge >= 0.3 is 5.69 Å². The van der Waals surface area contributed by atoms with E-state index in [9.17, 15) is 19.1 Å². The summed E-state index contributed by atoms with van der Waals surface area (Å²) in [6, 6.07) is 9.79. The second-order valence-corrected chi connectivity index (χ2v) is 10.0. The molecule has 0 saturated heterocycles. The fourth-order valence-corrected chi connectivity index (χ4v) is 5.33. The summed E-state index contributed by atoms with van der Waals surface area (Å²) in [4.78, 5) is 36.5. The van der Waals surface area contributed by atoms with E-state index < -0.39 is 11.2 Å². The Balaban J connectivity index is 1.67. The van der Waals surface area contributed by atoms with Gasteiger partial charge in [-0.1, -0.05) is 18.6 Å². The molecular formula is C29H34FN5O4. The van der Waals surface area contributed by atoms with Crippen LogP contribution in [0.5, 0.6) is 5.88 Å². The molecule has 9 nitrogen and oxygen atoms in total. The van der Waals surface area contributed by atoms with Crippen molar-refractivity contribution in [1.29, 1.82) is 0 Å². The van der Waals surface area contributed by atoms with Crippen molar-refractivity contribution >= 4 is 11.2 Å². The first-order valence-corrected chi connectivity index (χ1v) is 13.6. The molecule has 1 aliphatic rings. The number of hydrogen-bond donors (Lipinski definition) is 1. The van der Waals surface area contributed by atoms with Gasteiger partial charge in [0.25, 0.3) is 5.56 Å². The zero-order chi connectivity index (χ0) is 27.5. The van der Waals surface area contributed by atoms with Crippen molar-refractivity contribution in [3.8, 4) is 17.3 Å². The van der Waals surface area contributed by atoms with Crippen molar-refractivity contribution in [3.63, 3.8) is 0 Å². The number of nitrogens with zero attached hydrogens (tertiary/aromatic N) is 5. The Morgan fingerprint density at radius 1 is 1.00 bits per heavy atom. The number of aromatic nitrogens is 5. The second-order valence-electron chi connectivity index (χ2n) is 10.0. The molecule has 1 fully saturated rings. The van der Waals surface area contributed by atoms with Gasteiger partial charge in [0, 0.05) is 37.9 Å². The Labute approximate surface area is 225 Å². The van der Waals surface area contributed by atoms with Gasteiger partial charge in [0.15, 0.2) is 11.2 Å². The number of hydrogen-bond acceptors (Lipinski definition) is 6. The van der Waals surface area contributed by atoms with E-state index in [-0.39, 0.29) is 49.2 Å². The minimum Gasteiger partial charge on any atom is -0.474 e. The minimum absolute atomic E-state index is 0.0922. The second kappa shape index (κ2) is 11.5. The van der Waals surface area contributed by atoms with Crippen LogP contribution in [0.1, 0.15) is 56.7 Å². The van der Waals surface area contributed by atoms with Crippen LogP contribution >= 0.6 is 0 Å². The molecule has 0 spiro atoms. The smallest absolute Gasteiger partial charge is 0.332 e. The Bertz CT molecular complexity index is 1580. The van der Waals surface area contributed by atoms with Crippen LogP contribution in [0.3, 0.4) is 0 Å². The van der Waals surface area contributed by atoms with Crippen LogP contribution in [0, 0.1) is 12.7 Å². The van der Waals surface area contributed by atoms with Crippen LogP contribution < -0.4 is 16.0 Å². The summed E-state index contributed by atoms with van der Waals surface area (Å²) in [7, 11) is 0. The molecule has 1 aliphatic carbocycles. The number of aryl methyl sites for hydroxylation is 2. The molecule has 39 heavy (non-hydrogen) atoms. The molecule has 1 saturated carbocycles. The van der Waals surface area contributed by atoms with Gasteiger partial charge in [0.2, 0.25) is 5.88 Å². The van der Waals surface area contributed by atoms with Crippen molar-refractivity contribution < 1.29 is 14.2 Å². The lowest BCUT2D eigenvalue weighted by Crippen LogP contribution is -2.40. The summed E-state index contributed by atoms with van der Waals surface area (Å²) in [5.41, 5.74) is 1.79. The zero-order valence-corrected chi connectivity index (χ0v) is 22.4. The average Bonchev–Trinajstić information content (AvgIpc) is 3.29. The summed E-state index contributed by atoms with van der Waals surface area (Å²) < 4.78 is 24.2. The maximum Gasteiger partial charge on any atom is 0.332 e. The van der Waals surface area contributed by atoms with E-state index in [1.165, 1.54) is 23.1 Å². The van der Waals surface area contributed by atoms with Gasteiger partial charge in [-0.25, -0.2) is 19.2 Å². The molecule has 5 rings (SSSR count). The van der Waals surface area contributed by atoms with Crippen LogP contribution in [-0.2, 0) is 19.6 Å². The number of fused-ring (bicyclic) bond motifs is 1. The fourth-order valence-electron chi connectivity index (χ4n) is 5.33. The van der Waals surface area contributed by atoms with E-state index in [1.807, 2.05) is 26.0 Å². The Kier molecular flexibility index (Phi) is 7.92. The number of aliphatic hydroxyl groups excluding tert-OH is 1. The van der Waals surface area contributed by atoms with Gasteiger partial charge in [-0.3, -0.25) is 13.9 Å². The molecule has 0 atom stereocenters. The molecule has 3 heterocycles. The summed E-state index contributed by atoms with van der Waals surface area (Å²) in [5, 5.41) is 9.34. The van der Waals surface area contributed by atoms with Gasteiger partial charge in [0.1, 0.15) is 17.7 Å². The van der Waals surface area contributed by atoms with Gasteiger partial charge < -0.3 is 14.4 Å². The molecule has 0 radical (unpaired) electrons. The molecule has 3 aromatic heterocycles. The Morgan fingerprint density at radius 2 is 1.74 bits per heavy atom. The Morgan fingerprint density at radius 3 is 2.41 bits per heavy atom. The average molecular weight is 536 g/mol. The van der Waals surface area contributed by atoms with Crippen molar-refractivity contribution in [3.05, 3.63) is 74.3 Å². The number of halogens is 1. The highest BCUT2D eigenvalue weighted by molar-refractivity contribution is 5.78. The molecular weight excluding hydrogens is 501 g/mol. The first-order valence-electron chi connectivity index (χ1n) is 13.6. The number of rotatable bonds is 9. The topological polar surface area (TPSA) is 104 Å².